The topological polar surface area (TPSA) is 76.3 Å². The number of hydrogen-bond acceptors (Lipinski definition) is 4. The van der Waals surface area contributed by atoms with Gasteiger partial charge >= 0.3 is 5.69 Å². The van der Waals surface area contributed by atoms with Gasteiger partial charge in [-0.1, -0.05) is 6.07 Å². The van der Waals surface area contributed by atoms with Crippen LogP contribution in [0.15, 0.2) is 27.8 Å². The molecule has 0 aliphatic heterocycles. The van der Waals surface area contributed by atoms with Gasteiger partial charge < -0.3 is 10.4 Å². The van der Waals surface area contributed by atoms with Crippen molar-refractivity contribution in [3.63, 3.8) is 0 Å². The number of phenolic OH excluding ortho intramolecular Hbond substituents is 1. The van der Waals surface area contributed by atoms with E-state index >= 15 is 0 Å². The molecule has 0 unspecified atom stereocenters. The second-order valence-corrected chi connectivity index (χ2v) is 4.07. The predicted molar refractivity (Wildman–Crippen MR) is 69.0 cm³/mol. The van der Waals surface area contributed by atoms with Crippen molar-refractivity contribution in [1.29, 1.82) is 0 Å². The van der Waals surface area contributed by atoms with Gasteiger partial charge in [0.15, 0.2) is 0 Å². The van der Waals surface area contributed by atoms with Crippen molar-refractivity contribution in [1.82, 2.24) is 14.5 Å². The number of nitrogens with one attached hydrogen (secondary N) is 1. The van der Waals surface area contributed by atoms with Crippen molar-refractivity contribution in [3.05, 3.63) is 39.0 Å². The lowest BCUT2D eigenvalue weighted by atomic mass is 10.2. The van der Waals surface area contributed by atoms with Crippen molar-refractivity contribution in [2.45, 2.75) is 6.54 Å². The summed E-state index contributed by atoms with van der Waals surface area (Å²) >= 11 is 0. The molecule has 2 aromatic rings. The third-order valence-electron chi connectivity index (χ3n) is 2.94. The molecule has 0 radical (unpaired) electrons. The zero-order valence-electron chi connectivity index (χ0n) is 10.3. The molecule has 1 aromatic carbocycles. The molecule has 0 saturated carbocycles. The average molecular weight is 249 g/mol. The highest BCUT2D eigenvalue weighted by molar-refractivity contribution is 5.84. The minimum atomic E-state index is -0.457. The molecule has 2 rings (SSSR count). The molecule has 0 bridgehead atoms. The number of fused-ring (bicyclic) bond motifs is 1. The molecule has 0 aliphatic rings. The molecule has 6 nitrogen and oxygen atoms in total. The molecule has 2 N–H and O–H groups in total. The molecule has 0 atom stereocenters. The van der Waals surface area contributed by atoms with Gasteiger partial charge in [0.2, 0.25) is 0 Å². The standard InChI is InChI=1S/C12H15N3O3/c1-13-6-7-15-11(17)10-8(14(2)12(15)18)4-3-5-9(10)16/h3-5,13,16H,6-7H2,1-2H3. The van der Waals surface area contributed by atoms with Crippen molar-refractivity contribution in [3.8, 4) is 5.75 Å². The van der Waals surface area contributed by atoms with Crippen LogP contribution in [0.1, 0.15) is 0 Å². The Labute approximate surface area is 103 Å². The van der Waals surface area contributed by atoms with Crippen LogP contribution in [0, 0.1) is 0 Å². The van der Waals surface area contributed by atoms with Crippen LogP contribution in [0.25, 0.3) is 10.9 Å². The highest BCUT2D eigenvalue weighted by Gasteiger charge is 2.13. The van der Waals surface area contributed by atoms with E-state index in [9.17, 15) is 14.7 Å². The third kappa shape index (κ3) is 1.80. The minimum Gasteiger partial charge on any atom is -0.507 e. The minimum absolute atomic E-state index is 0.105. The first kappa shape index (κ1) is 12.4. The molecule has 6 heteroatoms. The SMILES string of the molecule is CNCCn1c(=O)c2c(O)cccc2n(C)c1=O. The Morgan fingerprint density at radius 2 is 2.06 bits per heavy atom. The second-order valence-electron chi connectivity index (χ2n) is 4.07. The van der Waals surface area contributed by atoms with Gasteiger partial charge in [-0.25, -0.2) is 4.79 Å². The number of hydrogen-bond donors (Lipinski definition) is 2. The van der Waals surface area contributed by atoms with Gasteiger partial charge in [0.1, 0.15) is 11.1 Å². The van der Waals surface area contributed by atoms with E-state index in [1.807, 2.05) is 0 Å². The lowest BCUT2D eigenvalue weighted by Gasteiger charge is -2.11. The zero-order valence-corrected chi connectivity index (χ0v) is 10.3. The summed E-state index contributed by atoms with van der Waals surface area (Å²) in [6.07, 6.45) is 0. The van der Waals surface area contributed by atoms with E-state index in [2.05, 4.69) is 5.32 Å². The van der Waals surface area contributed by atoms with Crippen molar-refractivity contribution >= 4 is 10.9 Å². The van der Waals surface area contributed by atoms with E-state index in [4.69, 9.17) is 0 Å². The zero-order chi connectivity index (χ0) is 13.3. The number of nitrogens with zero attached hydrogens (tertiary/aromatic N) is 2. The molecule has 1 heterocycles. The number of rotatable bonds is 3. The van der Waals surface area contributed by atoms with Crippen LogP contribution in [0.3, 0.4) is 0 Å². The molecular weight excluding hydrogens is 234 g/mol. The van der Waals surface area contributed by atoms with Gasteiger partial charge in [0.05, 0.1) is 5.52 Å². The first-order valence-corrected chi connectivity index (χ1v) is 5.64. The van der Waals surface area contributed by atoms with Gasteiger partial charge in [-0.05, 0) is 19.2 Å². The number of aromatic nitrogens is 2. The normalized spacial score (nSPS) is 11.0. The maximum Gasteiger partial charge on any atom is 0.331 e. The number of likely N-dealkylation sites (N-methyl/N-ethyl adjacent to an activating group) is 1. The van der Waals surface area contributed by atoms with Gasteiger partial charge in [0.25, 0.3) is 5.56 Å². The van der Waals surface area contributed by atoms with Crippen LogP contribution in [0.4, 0.5) is 0 Å². The maximum atomic E-state index is 12.2. The van der Waals surface area contributed by atoms with Gasteiger partial charge in [-0.2, -0.15) is 0 Å². The van der Waals surface area contributed by atoms with Crippen molar-refractivity contribution in [2.24, 2.45) is 7.05 Å². The monoisotopic (exact) mass is 249 g/mol. The van der Waals surface area contributed by atoms with Gasteiger partial charge in [-0.3, -0.25) is 13.9 Å². The molecule has 0 saturated heterocycles. The van der Waals surface area contributed by atoms with E-state index in [1.54, 1.807) is 26.2 Å². The highest BCUT2D eigenvalue weighted by Crippen LogP contribution is 2.18. The third-order valence-corrected chi connectivity index (χ3v) is 2.94. The first-order chi connectivity index (χ1) is 8.57. The molecular formula is C12H15N3O3. The van der Waals surface area contributed by atoms with Gasteiger partial charge in [-0.15, -0.1) is 0 Å². The summed E-state index contributed by atoms with van der Waals surface area (Å²) in [6.45, 7) is 0.778. The number of benzene rings is 1. The largest absolute Gasteiger partial charge is 0.507 e. The Hall–Kier alpha value is -2.08. The summed E-state index contributed by atoms with van der Waals surface area (Å²) in [5.41, 5.74) is -0.402. The fourth-order valence-electron chi connectivity index (χ4n) is 1.95. The summed E-state index contributed by atoms with van der Waals surface area (Å²) in [5.74, 6) is -0.105. The predicted octanol–water partition coefficient (Wildman–Crippen LogP) is -0.375. The van der Waals surface area contributed by atoms with E-state index in [0.717, 1.165) is 4.57 Å². The summed E-state index contributed by atoms with van der Waals surface area (Å²) < 4.78 is 2.49. The highest BCUT2D eigenvalue weighted by atomic mass is 16.3. The molecule has 0 fully saturated rings. The average Bonchev–Trinajstić information content (AvgIpc) is 2.36. The van der Waals surface area contributed by atoms with Crippen LogP contribution >= 0.6 is 0 Å². The van der Waals surface area contributed by atoms with Crippen LogP contribution in [0.5, 0.6) is 5.75 Å². The fourth-order valence-corrected chi connectivity index (χ4v) is 1.95. The quantitative estimate of drug-likeness (QED) is 0.778. The van der Waals surface area contributed by atoms with Crippen LogP contribution in [-0.2, 0) is 13.6 Å². The van der Waals surface area contributed by atoms with Crippen molar-refractivity contribution in [2.75, 3.05) is 13.6 Å². The maximum absolute atomic E-state index is 12.2. The second kappa shape index (κ2) is 4.66. The van der Waals surface area contributed by atoms with E-state index in [-0.39, 0.29) is 23.4 Å². The Bertz CT molecular complexity index is 700. The molecule has 0 amide bonds. The summed E-state index contributed by atoms with van der Waals surface area (Å²) in [6, 6.07) is 4.69. The summed E-state index contributed by atoms with van der Waals surface area (Å²) in [4.78, 5) is 24.2. The Balaban J connectivity index is 2.86. The molecule has 96 valence electrons. The van der Waals surface area contributed by atoms with Gasteiger partial charge in [0, 0.05) is 20.1 Å². The fraction of sp³-hybridized carbons (Fsp3) is 0.333. The Kier molecular flexibility index (Phi) is 3.20. The van der Waals surface area contributed by atoms with E-state index in [0.29, 0.717) is 12.1 Å². The Morgan fingerprint density at radius 1 is 1.33 bits per heavy atom. The number of aryl methyl sites for hydroxylation is 1. The first-order valence-electron chi connectivity index (χ1n) is 5.64. The lowest BCUT2D eigenvalue weighted by molar-refractivity contribution is 0.479. The van der Waals surface area contributed by atoms with E-state index < -0.39 is 5.56 Å². The van der Waals surface area contributed by atoms with Crippen molar-refractivity contribution < 1.29 is 5.11 Å². The summed E-state index contributed by atoms with van der Waals surface area (Å²) in [5, 5.41) is 12.8. The number of phenols is 1. The smallest absolute Gasteiger partial charge is 0.331 e. The Morgan fingerprint density at radius 3 is 2.72 bits per heavy atom. The number of aromatic hydroxyl groups is 1. The molecule has 1 aromatic heterocycles. The van der Waals surface area contributed by atoms with Crippen LogP contribution in [0.2, 0.25) is 0 Å². The summed E-state index contributed by atoms with van der Waals surface area (Å²) in [7, 11) is 3.33. The lowest BCUT2D eigenvalue weighted by Crippen LogP contribution is -2.40. The van der Waals surface area contributed by atoms with Crippen LogP contribution in [-0.4, -0.2) is 27.8 Å². The molecule has 0 aliphatic carbocycles. The van der Waals surface area contributed by atoms with E-state index in [1.165, 1.54) is 10.6 Å². The molecule has 18 heavy (non-hydrogen) atoms. The van der Waals surface area contributed by atoms with Crippen LogP contribution < -0.4 is 16.6 Å². The molecule has 0 spiro atoms.